The SMILES string of the molecule is CN=C1SC(C(=O)Nc2ccccc2F)CC(=O)N1C. The third-order valence-corrected chi connectivity index (χ3v) is 4.22. The molecule has 1 heterocycles. The number of benzene rings is 1. The Morgan fingerprint density at radius 3 is 2.85 bits per heavy atom. The summed E-state index contributed by atoms with van der Waals surface area (Å²) in [6, 6.07) is 5.91. The molecule has 0 spiro atoms. The quantitative estimate of drug-likeness (QED) is 0.903. The number of thioether (sulfide) groups is 1. The van der Waals surface area contributed by atoms with Crippen molar-refractivity contribution < 1.29 is 14.0 Å². The van der Waals surface area contributed by atoms with Crippen molar-refractivity contribution in [3.8, 4) is 0 Å². The number of anilines is 1. The van der Waals surface area contributed by atoms with Crippen LogP contribution in [0, 0.1) is 5.82 Å². The van der Waals surface area contributed by atoms with Crippen molar-refractivity contribution in [1.82, 2.24) is 4.90 Å². The molecule has 1 atom stereocenters. The van der Waals surface area contributed by atoms with Crippen molar-refractivity contribution in [2.75, 3.05) is 19.4 Å². The largest absolute Gasteiger partial charge is 0.323 e. The number of para-hydroxylation sites is 1. The Balaban J connectivity index is 2.10. The minimum absolute atomic E-state index is 0.0699. The van der Waals surface area contributed by atoms with Crippen LogP contribution in [0.2, 0.25) is 0 Å². The topological polar surface area (TPSA) is 61.8 Å². The van der Waals surface area contributed by atoms with Crippen LogP contribution in [0.25, 0.3) is 0 Å². The van der Waals surface area contributed by atoms with Gasteiger partial charge in [0.15, 0.2) is 5.17 Å². The molecule has 1 aliphatic rings. The number of hydrogen-bond donors (Lipinski definition) is 1. The van der Waals surface area contributed by atoms with Crippen LogP contribution in [-0.4, -0.2) is 41.2 Å². The summed E-state index contributed by atoms with van der Waals surface area (Å²) in [6.07, 6.45) is 0.0699. The van der Waals surface area contributed by atoms with Gasteiger partial charge in [-0.3, -0.25) is 19.5 Å². The van der Waals surface area contributed by atoms with Crippen molar-refractivity contribution in [2.45, 2.75) is 11.7 Å². The molecule has 1 fully saturated rings. The fourth-order valence-corrected chi connectivity index (χ4v) is 2.79. The van der Waals surface area contributed by atoms with Crippen molar-refractivity contribution in [1.29, 1.82) is 0 Å². The number of carbonyl (C=O) groups excluding carboxylic acids is 2. The molecule has 2 rings (SSSR count). The van der Waals surface area contributed by atoms with Crippen LogP contribution in [0.15, 0.2) is 29.3 Å². The van der Waals surface area contributed by atoms with Gasteiger partial charge in [0.25, 0.3) is 0 Å². The Labute approximate surface area is 120 Å². The normalized spacial score (nSPS) is 21.1. The number of carbonyl (C=O) groups is 2. The molecule has 1 saturated heterocycles. The first-order valence-corrected chi connectivity index (χ1v) is 6.86. The zero-order valence-electron chi connectivity index (χ0n) is 11.1. The lowest BCUT2D eigenvalue weighted by Gasteiger charge is -2.28. The Hall–Kier alpha value is -1.89. The minimum Gasteiger partial charge on any atom is -0.323 e. The highest BCUT2D eigenvalue weighted by Gasteiger charge is 2.33. The third-order valence-electron chi connectivity index (χ3n) is 2.88. The molecule has 1 aliphatic heterocycles. The van der Waals surface area contributed by atoms with Gasteiger partial charge in [-0.15, -0.1) is 0 Å². The first-order chi connectivity index (χ1) is 9.52. The van der Waals surface area contributed by atoms with Gasteiger partial charge in [0.2, 0.25) is 11.8 Å². The molecule has 1 N–H and O–H groups in total. The number of nitrogens with zero attached hydrogens (tertiary/aromatic N) is 2. The summed E-state index contributed by atoms with van der Waals surface area (Å²) < 4.78 is 13.5. The second-order valence-electron chi connectivity index (χ2n) is 4.24. The van der Waals surface area contributed by atoms with Gasteiger partial charge in [-0.25, -0.2) is 4.39 Å². The maximum absolute atomic E-state index is 13.5. The Morgan fingerprint density at radius 1 is 1.50 bits per heavy atom. The lowest BCUT2D eigenvalue weighted by molar-refractivity contribution is -0.128. The summed E-state index contributed by atoms with van der Waals surface area (Å²) in [6.45, 7) is 0. The van der Waals surface area contributed by atoms with Crippen molar-refractivity contribution >= 4 is 34.4 Å². The summed E-state index contributed by atoms with van der Waals surface area (Å²) in [5, 5.41) is 2.38. The number of aliphatic imine (C=N–C) groups is 1. The third kappa shape index (κ3) is 2.98. The summed E-state index contributed by atoms with van der Waals surface area (Å²) in [5.41, 5.74) is 0.111. The van der Waals surface area contributed by atoms with E-state index in [1.54, 1.807) is 26.2 Å². The van der Waals surface area contributed by atoms with Gasteiger partial charge in [-0.1, -0.05) is 23.9 Å². The zero-order valence-corrected chi connectivity index (χ0v) is 11.9. The smallest absolute Gasteiger partial charge is 0.238 e. The van der Waals surface area contributed by atoms with E-state index < -0.39 is 17.0 Å². The molecular weight excluding hydrogens is 281 g/mol. The van der Waals surface area contributed by atoms with Crippen molar-refractivity contribution in [3.05, 3.63) is 30.1 Å². The van der Waals surface area contributed by atoms with Gasteiger partial charge >= 0.3 is 0 Å². The minimum atomic E-state index is -0.600. The molecule has 0 saturated carbocycles. The van der Waals surface area contributed by atoms with E-state index >= 15 is 0 Å². The fraction of sp³-hybridized carbons (Fsp3) is 0.308. The molecule has 0 aromatic heterocycles. The van der Waals surface area contributed by atoms with E-state index in [2.05, 4.69) is 10.3 Å². The maximum Gasteiger partial charge on any atom is 0.238 e. The van der Waals surface area contributed by atoms with Gasteiger partial charge in [0, 0.05) is 20.5 Å². The van der Waals surface area contributed by atoms with Gasteiger partial charge in [0.05, 0.1) is 5.69 Å². The van der Waals surface area contributed by atoms with Crippen LogP contribution in [0.5, 0.6) is 0 Å². The first-order valence-electron chi connectivity index (χ1n) is 5.98. The predicted molar refractivity (Wildman–Crippen MR) is 77.2 cm³/mol. The molecule has 1 unspecified atom stereocenters. The summed E-state index contributed by atoms with van der Waals surface area (Å²) in [4.78, 5) is 29.3. The van der Waals surface area contributed by atoms with E-state index in [4.69, 9.17) is 0 Å². The van der Waals surface area contributed by atoms with E-state index in [1.165, 1.54) is 28.8 Å². The molecule has 106 valence electrons. The molecule has 7 heteroatoms. The Bertz CT molecular complexity index is 576. The number of rotatable bonds is 2. The number of amides is 2. The molecule has 1 aromatic carbocycles. The highest BCUT2D eigenvalue weighted by Crippen LogP contribution is 2.26. The lowest BCUT2D eigenvalue weighted by atomic mass is 10.2. The van der Waals surface area contributed by atoms with Crippen LogP contribution in [-0.2, 0) is 9.59 Å². The highest BCUT2D eigenvalue weighted by atomic mass is 32.2. The van der Waals surface area contributed by atoms with Crippen LogP contribution in [0.3, 0.4) is 0 Å². The molecule has 1 aromatic rings. The van der Waals surface area contributed by atoms with E-state index in [0.717, 1.165) is 0 Å². The second kappa shape index (κ2) is 6.04. The van der Waals surface area contributed by atoms with Crippen molar-refractivity contribution in [3.63, 3.8) is 0 Å². The average molecular weight is 295 g/mol. The fourth-order valence-electron chi connectivity index (χ4n) is 1.77. The van der Waals surface area contributed by atoms with Crippen LogP contribution < -0.4 is 5.32 Å². The summed E-state index contributed by atoms with van der Waals surface area (Å²) in [5.74, 6) is -1.09. The van der Waals surface area contributed by atoms with Gasteiger partial charge in [-0.2, -0.15) is 0 Å². The molecular formula is C13H14FN3O2S. The van der Waals surface area contributed by atoms with Crippen LogP contribution >= 0.6 is 11.8 Å². The van der Waals surface area contributed by atoms with Gasteiger partial charge in [-0.05, 0) is 12.1 Å². The maximum atomic E-state index is 13.5. The second-order valence-corrected chi connectivity index (χ2v) is 5.41. The number of nitrogens with one attached hydrogen (secondary N) is 1. The highest BCUT2D eigenvalue weighted by molar-refractivity contribution is 8.15. The van der Waals surface area contributed by atoms with E-state index in [-0.39, 0.29) is 18.0 Å². The monoisotopic (exact) mass is 295 g/mol. The Morgan fingerprint density at radius 2 is 2.20 bits per heavy atom. The molecule has 0 radical (unpaired) electrons. The van der Waals surface area contributed by atoms with E-state index in [9.17, 15) is 14.0 Å². The molecule has 20 heavy (non-hydrogen) atoms. The van der Waals surface area contributed by atoms with Crippen LogP contribution in [0.4, 0.5) is 10.1 Å². The number of amidine groups is 1. The van der Waals surface area contributed by atoms with Gasteiger partial charge < -0.3 is 5.32 Å². The predicted octanol–water partition coefficient (Wildman–Crippen LogP) is 1.71. The number of hydrogen-bond acceptors (Lipinski definition) is 4. The number of halogens is 1. The van der Waals surface area contributed by atoms with E-state index in [1.807, 2.05) is 0 Å². The van der Waals surface area contributed by atoms with Gasteiger partial charge in [0.1, 0.15) is 11.1 Å². The molecule has 0 aliphatic carbocycles. The summed E-state index contributed by atoms with van der Waals surface area (Å²) in [7, 11) is 3.17. The summed E-state index contributed by atoms with van der Waals surface area (Å²) >= 11 is 1.20. The van der Waals surface area contributed by atoms with E-state index in [0.29, 0.717) is 5.17 Å². The molecule has 0 bridgehead atoms. The standard InChI is InChI=1S/C13H14FN3O2S/c1-15-13-17(2)11(18)7-10(20-13)12(19)16-9-6-4-3-5-8(9)14/h3-6,10H,7H2,1-2H3,(H,16,19). The van der Waals surface area contributed by atoms with Crippen LogP contribution in [0.1, 0.15) is 6.42 Å². The Kier molecular flexibility index (Phi) is 4.39. The molecule has 5 nitrogen and oxygen atoms in total. The lowest BCUT2D eigenvalue weighted by Crippen LogP contribution is -2.43. The van der Waals surface area contributed by atoms with Crippen molar-refractivity contribution in [2.24, 2.45) is 4.99 Å². The average Bonchev–Trinajstić information content (AvgIpc) is 2.44. The molecule has 2 amide bonds. The first kappa shape index (κ1) is 14.5. The zero-order chi connectivity index (χ0) is 14.7.